The fourth-order valence-corrected chi connectivity index (χ4v) is 8.56. The summed E-state index contributed by atoms with van der Waals surface area (Å²) in [6.45, 7) is 7.30. The van der Waals surface area contributed by atoms with E-state index < -0.39 is 10.0 Å². The number of thiophene rings is 1. The molecule has 1 aliphatic heterocycles. The minimum Gasteiger partial charge on any atom is -0.450 e. The molecule has 12 heteroatoms. The van der Waals surface area contributed by atoms with Crippen molar-refractivity contribution in [2.75, 3.05) is 31.6 Å². The van der Waals surface area contributed by atoms with E-state index in [1.165, 1.54) is 39.9 Å². The van der Waals surface area contributed by atoms with Gasteiger partial charge in [0.1, 0.15) is 10.0 Å². The number of para-hydroxylation sites is 1. The third-order valence-corrected chi connectivity index (χ3v) is 11.0. The summed E-state index contributed by atoms with van der Waals surface area (Å²) < 4.78 is 33.3. The highest BCUT2D eigenvalue weighted by atomic mass is 32.2. The summed E-state index contributed by atoms with van der Waals surface area (Å²) in [5.74, 6) is -0.352. The Morgan fingerprint density at radius 2 is 1.77 bits per heavy atom. The summed E-state index contributed by atoms with van der Waals surface area (Å²) >= 11 is 2.99. The molecule has 0 unspecified atom stereocenters. The van der Waals surface area contributed by atoms with Crippen molar-refractivity contribution in [2.45, 2.75) is 38.6 Å². The smallest absolute Gasteiger partial charge is 0.410 e. The maximum atomic E-state index is 13.4. The van der Waals surface area contributed by atoms with E-state index in [2.05, 4.69) is 5.32 Å². The first-order valence-electron chi connectivity index (χ1n) is 13.1. The SMILES string of the molecule is CCOC(=O)N1CCc2c(sc(NC(=O)c3ccc(S(=O)(=O)N(CC)CC)cc3)c2-c2nc3ccccc3s2)C1. The van der Waals surface area contributed by atoms with Crippen LogP contribution in [0.4, 0.5) is 9.80 Å². The standard InChI is InChI=1S/C28H30N4O5S3/c1-4-32(5-2)40(35,36)19-13-11-18(12-14-19)25(33)30-27-24(26-29-21-9-7-8-10-22(21)38-26)20-15-16-31(17-23(20)39-27)28(34)37-6-3/h7-14H,4-6,15-17H2,1-3H3,(H,30,33). The number of nitrogens with one attached hydrogen (secondary N) is 1. The van der Waals surface area contributed by atoms with Gasteiger partial charge in [0, 0.05) is 35.6 Å². The van der Waals surface area contributed by atoms with Crippen LogP contribution in [-0.4, -0.2) is 60.8 Å². The number of carbonyl (C=O) groups excluding carboxylic acids is 2. The zero-order valence-corrected chi connectivity index (χ0v) is 24.9. The molecule has 40 heavy (non-hydrogen) atoms. The lowest BCUT2D eigenvalue weighted by Gasteiger charge is -2.26. The molecule has 1 N–H and O–H groups in total. The molecule has 2 aromatic carbocycles. The molecular weight excluding hydrogens is 569 g/mol. The van der Waals surface area contributed by atoms with Gasteiger partial charge in [-0.1, -0.05) is 26.0 Å². The summed E-state index contributed by atoms with van der Waals surface area (Å²) in [6, 6.07) is 13.9. The van der Waals surface area contributed by atoms with Crippen LogP contribution in [0.15, 0.2) is 53.4 Å². The summed E-state index contributed by atoms with van der Waals surface area (Å²) in [4.78, 5) is 33.4. The Bertz CT molecular complexity index is 1620. The first-order valence-corrected chi connectivity index (χ1v) is 16.2. The number of anilines is 1. The Morgan fingerprint density at radius 1 is 1.05 bits per heavy atom. The molecule has 2 aromatic heterocycles. The lowest BCUT2D eigenvalue weighted by atomic mass is 10.0. The van der Waals surface area contributed by atoms with E-state index in [1.54, 1.807) is 37.0 Å². The monoisotopic (exact) mass is 598 g/mol. The third-order valence-electron chi connectivity index (χ3n) is 6.78. The molecule has 5 rings (SSSR count). The van der Waals surface area contributed by atoms with E-state index in [4.69, 9.17) is 9.72 Å². The zero-order valence-electron chi connectivity index (χ0n) is 22.5. The number of carbonyl (C=O) groups is 2. The van der Waals surface area contributed by atoms with Crippen molar-refractivity contribution < 1.29 is 22.7 Å². The molecule has 0 saturated carbocycles. The molecule has 2 amide bonds. The first-order chi connectivity index (χ1) is 19.3. The second-order valence-corrected chi connectivity index (χ2v) is 13.2. The third kappa shape index (κ3) is 5.36. The zero-order chi connectivity index (χ0) is 28.4. The topological polar surface area (TPSA) is 109 Å². The lowest BCUT2D eigenvalue weighted by molar-refractivity contribution is 0.102. The summed E-state index contributed by atoms with van der Waals surface area (Å²) in [5, 5.41) is 4.51. The number of amides is 2. The summed E-state index contributed by atoms with van der Waals surface area (Å²) in [7, 11) is -3.62. The van der Waals surface area contributed by atoms with Gasteiger partial charge in [-0.2, -0.15) is 4.31 Å². The van der Waals surface area contributed by atoms with Crippen LogP contribution in [0.5, 0.6) is 0 Å². The van der Waals surface area contributed by atoms with E-state index in [-0.39, 0.29) is 16.9 Å². The molecule has 0 radical (unpaired) electrons. The number of aromatic nitrogens is 1. The van der Waals surface area contributed by atoms with E-state index >= 15 is 0 Å². The van der Waals surface area contributed by atoms with Crippen molar-refractivity contribution in [3.05, 3.63) is 64.5 Å². The lowest BCUT2D eigenvalue weighted by Crippen LogP contribution is -2.35. The van der Waals surface area contributed by atoms with Crippen molar-refractivity contribution in [1.29, 1.82) is 0 Å². The number of rotatable bonds is 8. The van der Waals surface area contributed by atoms with Crippen LogP contribution in [0.3, 0.4) is 0 Å². The van der Waals surface area contributed by atoms with Crippen LogP contribution >= 0.6 is 22.7 Å². The van der Waals surface area contributed by atoms with Crippen LogP contribution < -0.4 is 5.32 Å². The normalized spacial score (nSPS) is 13.4. The van der Waals surface area contributed by atoms with Gasteiger partial charge in [-0.3, -0.25) is 4.79 Å². The molecule has 3 heterocycles. The molecule has 4 aromatic rings. The average Bonchev–Trinajstić information content (AvgIpc) is 3.53. The predicted octanol–water partition coefficient (Wildman–Crippen LogP) is 5.82. The second kappa shape index (κ2) is 11.7. The molecule has 210 valence electrons. The second-order valence-electron chi connectivity index (χ2n) is 9.13. The summed E-state index contributed by atoms with van der Waals surface area (Å²) in [5.41, 5.74) is 3.17. The molecule has 0 aliphatic carbocycles. The van der Waals surface area contributed by atoms with Crippen LogP contribution in [-0.2, 0) is 27.7 Å². The van der Waals surface area contributed by atoms with E-state index in [9.17, 15) is 18.0 Å². The Kier molecular flexibility index (Phi) is 8.22. The van der Waals surface area contributed by atoms with Gasteiger partial charge in [-0.15, -0.1) is 22.7 Å². The average molecular weight is 599 g/mol. The maximum absolute atomic E-state index is 13.4. The molecule has 1 aliphatic rings. The Morgan fingerprint density at radius 3 is 2.45 bits per heavy atom. The highest BCUT2D eigenvalue weighted by Gasteiger charge is 2.30. The van der Waals surface area contributed by atoms with Crippen molar-refractivity contribution in [2.24, 2.45) is 0 Å². The van der Waals surface area contributed by atoms with Gasteiger partial charge in [-0.05, 0) is 55.3 Å². The minimum atomic E-state index is -3.62. The molecule has 0 atom stereocenters. The number of thiazole rings is 1. The van der Waals surface area contributed by atoms with Crippen molar-refractivity contribution in [3.8, 4) is 10.6 Å². The maximum Gasteiger partial charge on any atom is 0.410 e. The van der Waals surface area contributed by atoms with E-state index in [0.717, 1.165) is 31.2 Å². The van der Waals surface area contributed by atoms with Gasteiger partial charge >= 0.3 is 6.09 Å². The van der Waals surface area contributed by atoms with Gasteiger partial charge in [-0.25, -0.2) is 18.2 Å². The van der Waals surface area contributed by atoms with Crippen LogP contribution in [0, 0.1) is 0 Å². The number of ether oxygens (including phenoxy) is 1. The van der Waals surface area contributed by atoms with Gasteiger partial charge in [0.15, 0.2) is 0 Å². The molecular formula is C28H30N4O5S3. The highest BCUT2D eigenvalue weighted by Crippen LogP contribution is 2.46. The van der Waals surface area contributed by atoms with Crippen LogP contribution in [0.1, 0.15) is 41.6 Å². The molecule has 9 nitrogen and oxygen atoms in total. The number of fused-ring (bicyclic) bond motifs is 2. The Hall–Kier alpha value is -3.32. The van der Waals surface area contributed by atoms with Gasteiger partial charge < -0.3 is 15.0 Å². The van der Waals surface area contributed by atoms with Gasteiger partial charge in [0.25, 0.3) is 5.91 Å². The fraction of sp³-hybridized carbons (Fsp3) is 0.321. The van der Waals surface area contributed by atoms with Gasteiger partial charge in [0.05, 0.1) is 28.3 Å². The summed E-state index contributed by atoms with van der Waals surface area (Å²) in [6.07, 6.45) is 0.261. The van der Waals surface area contributed by atoms with Crippen LogP contribution in [0.2, 0.25) is 0 Å². The Labute approximate surface area is 241 Å². The fourth-order valence-electron chi connectivity index (χ4n) is 4.73. The Balaban J connectivity index is 1.48. The quantitative estimate of drug-likeness (QED) is 0.274. The van der Waals surface area contributed by atoms with Crippen molar-refractivity contribution >= 4 is 59.9 Å². The molecule has 0 fully saturated rings. The highest BCUT2D eigenvalue weighted by molar-refractivity contribution is 7.89. The van der Waals surface area contributed by atoms with Gasteiger partial charge in [0.2, 0.25) is 10.0 Å². The predicted molar refractivity (Wildman–Crippen MR) is 159 cm³/mol. The number of hydrogen-bond donors (Lipinski definition) is 1. The first kappa shape index (κ1) is 28.2. The van der Waals surface area contributed by atoms with Crippen molar-refractivity contribution in [1.82, 2.24) is 14.2 Å². The largest absolute Gasteiger partial charge is 0.450 e. The van der Waals surface area contributed by atoms with E-state index in [1.807, 2.05) is 24.3 Å². The number of sulfonamides is 1. The van der Waals surface area contributed by atoms with E-state index in [0.29, 0.717) is 49.8 Å². The number of benzene rings is 2. The number of nitrogens with zero attached hydrogens (tertiary/aromatic N) is 3. The van der Waals surface area contributed by atoms with Crippen LogP contribution in [0.25, 0.3) is 20.8 Å². The minimum absolute atomic E-state index is 0.147. The molecule has 0 bridgehead atoms. The van der Waals surface area contributed by atoms with Crippen molar-refractivity contribution in [3.63, 3.8) is 0 Å². The molecule has 0 saturated heterocycles. The molecule has 0 spiro atoms. The number of hydrogen-bond acceptors (Lipinski definition) is 8.